The van der Waals surface area contributed by atoms with Crippen molar-refractivity contribution in [3.8, 4) is 11.1 Å². The van der Waals surface area contributed by atoms with Crippen molar-refractivity contribution in [2.24, 2.45) is 0 Å². The highest BCUT2D eigenvalue weighted by Crippen LogP contribution is 2.52. The van der Waals surface area contributed by atoms with Crippen molar-refractivity contribution in [2.75, 3.05) is 6.54 Å². The number of carbonyl (C=O) groups excluding carboxylic acids is 1. The van der Waals surface area contributed by atoms with Crippen molar-refractivity contribution in [2.45, 2.75) is 44.2 Å². The molecule has 1 aromatic heterocycles. The monoisotopic (exact) mass is 525 g/mol. The number of fused-ring (bicyclic) bond motifs is 1. The Morgan fingerprint density at radius 1 is 1.05 bits per heavy atom. The van der Waals surface area contributed by atoms with E-state index in [4.69, 9.17) is 16.6 Å². The second kappa shape index (κ2) is 9.53. The second-order valence-electron chi connectivity index (χ2n) is 10.3. The van der Waals surface area contributed by atoms with Gasteiger partial charge >= 0.3 is 0 Å². The van der Waals surface area contributed by atoms with Gasteiger partial charge in [-0.2, -0.15) is 0 Å². The van der Waals surface area contributed by atoms with Gasteiger partial charge in [-0.1, -0.05) is 66.2 Å². The van der Waals surface area contributed by atoms with Crippen molar-refractivity contribution >= 4 is 17.5 Å². The Hall–Kier alpha value is -3.74. The summed E-state index contributed by atoms with van der Waals surface area (Å²) in [7, 11) is 0. The van der Waals surface area contributed by atoms with Gasteiger partial charge < -0.3 is 15.0 Å². The van der Waals surface area contributed by atoms with E-state index in [0.717, 1.165) is 40.8 Å². The van der Waals surface area contributed by atoms with Crippen molar-refractivity contribution in [3.63, 3.8) is 0 Å². The van der Waals surface area contributed by atoms with Crippen LogP contribution in [-0.2, 0) is 23.2 Å². The molecule has 0 spiro atoms. The number of aryl methyl sites for hydroxylation is 1. The average Bonchev–Trinajstić information content (AvgIpc) is 3.74. The van der Waals surface area contributed by atoms with Gasteiger partial charge in [-0.3, -0.25) is 9.59 Å². The summed E-state index contributed by atoms with van der Waals surface area (Å²) in [5.41, 5.74) is 5.26. The van der Waals surface area contributed by atoms with E-state index in [9.17, 15) is 14.7 Å². The fraction of sp³-hybridized carbons (Fsp3) is 0.258. The molecule has 0 radical (unpaired) electrons. The number of carbonyl (C=O) groups is 1. The maximum Gasteiger partial charge on any atom is 0.256 e. The minimum atomic E-state index is -1.34. The number of aromatic nitrogens is 2. The van der Waals surface area contributed by atoms with Gasteiger partial charge in [-0.15, -0.1) is 0 Å². The fourth-order valence-electron chi connectivity index (χ4n) is 5.49. The molecule has 1 saturated carbocycles. The molecule has 1 unspecified atom stereocenters. The molecular formula is C31H28ClN3O3. The lowest BCUT2D eigenvalue weighted by Crippen LogP contribution is -2.42. The first kappa shape index (κ1) is 24.6. The Morgan fingerprint density at radius 3 is 2.58 bits per heavy atom. The summed E-state index contributed by atoms with van der Waals surface area (Å²) in [4.78, 5) is 35.9. The number of aliphatic hydroxyl groups excluding tert-OH is 1. The molecule has 6 nitrogen and oxygen atoms in total. The highest BCUT2D eigenvalue weighted by Gasteiger charge is 2.48. The second-order valence-corrected chi connectivity index (χ2v) is 10.8. The molecule has 0 saturated heterocycles. The molecular weight excluding hydrogens is 498 g/mol. The number of aliphatic hydroxyl groups is 1. The summed E-state index contributed by atoms with van der Waals surface area (Å²) in [6.07, 6.45) is 1.03. The van der Waals surface area contributed by atoms with Crippen LogP contribution in [0.25, 0.3) is 11.1 Å². The van der Waals surface area contributed by atoms with Crippen LogP contribution in [0.3, 0.4) is 0 Å². The lowest BCUT2D eigenvalue weighted by molar-refractivity contribution is -0.141. The van der Waals surface area contributed by atoms with Gasteiger partial charge in [-0.25, -0.2) is 4.98 Å². The number of H-pyrrole nitrogens is 1. The first-order valence-corrected chi connectivity index (χ1v) is 13.2. The van der Waals surface area contributed by atoms with E-state index in [1.807, 2.05) is 61.5 Å². The summed E-state index contributed by atoms with van der Waals surface area (Å²) in [5.74, 6) is 0.279. The van der Waals surface area contributed by atoms with E-state index >= 15 is 0 Å². The van der Waals surface area contributed by atoms with Crippen molar-refractivity contribution in [1.82, 2.24) is 14.9 Å². The third kappa shape index (κ3) is 4.44. The van der Waals surface area contributed by atoms with Gasteiger partial charge in [0.05, 0.1) is 23.2 Å². The number of hydrogen-bond acceptors (Lipinski definition) is 4. The fourth-order valence-corrected chi connectivity index (χ4v) is 5.78. The predicted octanol–water partition coefficient (Wildman–Crippen LogP) is 5.10. The molecule has 6 rings (SSSR count). The summed E-state index contributed by atoms with van der Waals surface area (Å²) in [6.45, 7) is 2.49. The van der Waals surface area contributed by atoms with Gasteiger partial charge in [-0.05, 0) is 65.8 Å². The van der Waals surface area contributed by atoms with Gasteiger partial charge in [0.15, 0.2) is 6.10 Å². The van der Waals surface area contributed by atoms with Crippen LogP contribution in [0.1, 0.15) is 52.7 Å². The number of rotatable bonds is 5. The third-order valence-corrected chi connectivity index (χ3v) is 7.94. The number of amides is 1. The zero-order valence-corrected chi connectivity index (χ0v) is 21.8. The minimum Gasteiger partial charge on any atom is -0.378 e. The molecule has 3 aromatic carbocycles. The van der Waals surface area contributed by atoms with Crippen molar-refractivity contribution < 1.29 is 9.90 Å². The van der Waals surface area contributed by atoms with Gasteiger partial charge in [0.2, 0.25) is 0 Å². The highest BCUT2D eigenvalue weighted by atomic mass is 35.5. The Morgan fingerprint density at radius 2 is 1.84 bits per heavy atom. The first-order valence-electron chi connectivity index (χ1n) is 12.9. The lowest BCUT2D eigenvalue weighted by atomic mass is 9.94. The molecule has 2 N–H and O–H groups in total. The van der Waals surface area contributed by atoms with E-state index < -0.39 is 12.0 Å². The zero-order chi connectivity index (χ0) is 26.4. The zero-order valence-electron chi connectivity index (χ0n) is 21.1. The molecule has 7 heteroatoms. The van der Waals surface area contributed by atoms with Crippen LogP contribution in [-0.4, -0.2) is 32.4 Å². The number of hydrogen-bond donors (Lipinski definition) is 2. The Kier molecular flexibility index (Phi) is 6.17. The molecule has 4 aromatic rings. The molecule has 0 bridgehead atoms. The summed E-state index contributed by atoms with van der Waals surface area (Å²) >= 11 is 6.23. The molecule has 2 heterocycles. The van der Waals surface area contributed by atoms with Crippen molar-refractivity contribution in [1.29, 1.82) is 0 Å². The van der Waals surface area contributed by atoms with Crippen LogP contribution < -0.4 is 5.56 Å². The Labute approximate surface area is 225 Å². The quantitative estimate of drug-likeness (QED) is 0.380. The van der Waals surface area contributed by atoms with E-state index in [1.54, 1.807) is 11.0 Å². The van der Waals surface area contributed by atoms with Crippen LogP contribution >= 0.6 is 11.6 Å². The third-order valence-electron chi connectivity index (χ3n) is 7.72. The molecule has 192 valence electrons. The SMILES string of the molecule is Cc1cc(Cl)cc(-c2cccc(C(O)C(=O)N3CCc4nc(C5(c6ccccc6)CC5)[nH]c(=O)c4C3)c2)c1. The smallest absolute Gasteiger partial charge is 0.256 e. The standard InChI is InChI=1S/C31H28ClN3O3/c1-19-14-22(17-24(32)15-19)20-6-5-7-21(16-20)27(36)29(38)35-13-10-26-25(18-35)28(37)34-30(33-26)31(11-12-31)23-8-3-2-4-9-23/h2-9,14-17,27,36H,10-13,18H2,1H3,(H,33,34,37). The molecule has 1 aliphatic carbocycles. The topological polar surface area (TPSA) is 86.3 Å². The average molecular weight is 526 g/mol. The van der Waals surface area contributed by atoms with E-state index in [1.165, 1.54) is 0 Å². The number of nitrogens with zero attached hydrogens (tertiary/aromatic N) is 2. The number of halogens is 1. The number of benzene rings is 3. The molecule has 2 aliphatic rings. The first-order chi connectivity index (χ1) is 18.3. The van der Waals surface area contributed by atoms with Crippen molar-refractivity contribution in [3.05, 3.63) is 122 Å². The number of nitrogens with one attached hydrogen (secondary N) is 1. The maximum atomic E-state index is 13.3. The molecule has 38 heavy (non-hydrogen) atoms. The predicted molar refractivity (Wildman–Crippen MR) is 147 cm³/mol. The van der Waals surface area contributed by atoms with Crippen LogP contribution in [0, 0.1) is 6.92 Å². The van der Waals surface area contributed by atoms with E-state index in [2.05, 4.69) is 17.1 Å². The van der Waals surface area contributed by atoms with Crippen LogP contribution in [0.15, 0.2) is 77.6 Å². The Balaban J connectivity index is 1.23. The molecule has 1 aliphatic heterocycles. The minimum absolute atomic E-state index is 0.124. The highest BCUT2D eigenvalue weighted by molar-refractivity contribution is 6.31. The molecule has 1 fully saturated rings. The van der Waals surface area contributed by atoms with Gasteiger partial charge in [0.25, 0.3) is 11.5 Å². The van der Waals surface area contributed by atoms with Crippen LogP contribution in [0.5, 0.6) is 0 Å². The van der Waals surface area contributed by atoms with Gasteiger partial charge in [0, 0.05) is 18.0 Å². The van der Waals surface area contributed by atoms with Gasteiger partial charge in [0.1, 0.15) is 5.82 Å². The number of aromatic amines is 1. The Bertz CT molecular complexity index is 1570. The van der Waals surface area contributed by atoms with E-state index in [0.29, 0.717) is 34.9 Å². The summed E-state index contributed by atoms with van der Waals surface area (Å²) < 4.78 is 0. The van der Waals surface area contributed by atoms with E-state index in [-0.39, 0.29) is 17.5 Å². The summed E-state index contributed by atoms with van der Waals surface area (Å²) in [6, 6.07) is 23.2. The normalized spacial score (nSPS) is 16.6. The van der Waals surface area contributed by atoms with Crippen LogP contribution in [0.2, 0.25) is 5.02 Å². The van der Waals surface area contributed by atoms with Crippen LogP contribution in [0.4, 0.5) is 0 Å². The summed E-state index contributed by atoms with van der Waals surface area (Å²) in [5, 5.41) is 11.6. The lowest BCUT2D eigenvalue weighted by Gasteiger charge is -2.30. The maximum absolute atomic E-state index is 13.3. The largest absolute Gasteiger partial charge is 0.378 e. The molecule has 1 atom stereocenters. The molecule has 1 amide bonds.